The summed E-state index contributed by atoms with van der Waals surface area (Å²) in [6, 6.07) is 6.96. The van der Waals surface area contributed by atoms with Crippen molar-refractivity contribution in [3.63, 3.8) is 0 Å². The number of alkyl halides is 2. The molecular weight excluding hydrogens is 222 g/mol. The Morgan fingerprint density at radius 2 is 2.00 bits per heavy atom. The summed E-state index contributed by atoms with van der Waals surface area (Å²) in [5.74, 6) is 0.514. The number of nitrogens with zero attached hydrogens (tertiary/aromatic N) is 1. The monoisotopic (exact) mass is 240 g/mol. The van der Waals surface area contributed by atoms with Crippen LogP contribution in [0.5, 0.6) is 0 Å². The van der Waals surface area contributed by atoms with Gasteiger partial charge >= 0.3 is 0 Å². The summed E-state index contributed by atoms with van der Waals surface area (Å²) in [5.41, 5.74) is 6.87. The third-order valence-corrected chi connectivity index (χ3v) is 3.54. The molecule has 1 aromatic carbocycles. The van der Waals surface area contributed by atoms with Crippen LogP contribution in [-0.2, 0) is 0 Å². The Labute approximate surface area is 100 Å². The molecule has 1 aromatic rings. The van der Waals surface area contributed by atoms with Crippen LogP contribution < -0.4 is 5.73 Å². The van der Waals surface area contributed by atoms with E-state index in [4.69, 9.17) is 5.73 Å². The Hall–Kier alpha value is -1.00. The van der Waals surface area contributed by atoms with Crippen molar-refractivity contribution in [1.29, 1.82) is 0 Å². The molecule has 0 saturated carbocycles. The van der Waals surface area contributed by atoms with E-state index in [0.717, 1.165) is 18.5 Å². The fraction of sp³-hybridized carbons (Fsp3) is 0.538. The van der Waals surface area contributed by atoms with Crippen LogP contribution in [0.1, 0.15) is 30.0 Å². The van der Waals surface area contributed by atoms with Crippen molar-refractivity contribution >= 4 is 0 Å². The van der Waals surface area contributed by atoms with E-state index in [-0.39, 0.29) is 5.56 Å². The number of hydrogen-bond acceptors (Lipinski definition) is 2. The summed E-state index contributed by atoms with van der Waals surface area (Å²) in [4.78, 5) is 2.24. The zero-order valence-corrected chi connectivity index (χ0v) is 9.94. The molecule has 1 saturated heterocycles. The minimum atomic E-state index is -2.39. The van der Waals surface area contributed by atoms with Crippen LogP contribution in [0.4, 0.5) is 8.78 Å². The van der Waals surface area contributed by atoms with Crippen molar-refractivity contribution in [2.75, 3.05) is 20.1 Å². The maximum Gasteiger partial charge on any atom is 0.263 e. The highest BCUT2D eigenvalue weighted by Gasteiger charge is 2.29. The lowest BCUT2D eigenvalue weighted by atomic mass is 9.99. The molecule has 1 fully saturated rings. The molecule has 0 aromatic heterocycles. The maximum atomic E-state index is 12.4. The smallest absolute Gasteiger partial charge is 0.263 e. The third-order valence-electron chi connectivity index (χ3n) is 3.54. The molecule has 0 bridgehead atoms. The van der Waals surface area contributed by atoms with E-state index in [2.05, 4.69) is 11.9 Å². The molecule has 0 aliphatic carbocycles. The standard InChI is InChI=1S/C13H18F2N2/c1-17-8-9(7-16)6-12(17)10-2-4-11(5-3-10)13(14)15/h2-5,9,12-13H,6-8,16H2,1H3. The van der Waals surface area contributed by atoms with Gasteiger partial charge in [-0.15, -0.1) is 0 Å². The first kappa shape index (κ1) is 12.5. The number of rotatable bonds is 3. The summed E-state index contributed by atoms with van der Waals surface area (Å²) in [5, 5.41) is 0. The number of hydrogen-bond donors (Lipinski definition) is 1. The maximum absolute atomic E-state index is 12.4. The van der Waals surface area contributed by atoms with Crippen molar-refractivity contribution in [3.8, 4) is 0 Å². The third kappa shape index (κ3) is 2.64. The second-order valence-corrected chi connectivity index (χ2v) is 4.76. The van der Waals surface area contributed by atoms with E-state index < -0.39 is 6.43 Å². The molecule has 2 atom stereocenters. The van der Waals surface area contributed by atoms with Crippen LogP contribution in [0.2, 0.25) is 0 Å². The van der Waals surface area contributed by atoms with Gasteiger partial charge in [0.05, 0.1) is 0 Å². The number of likely N-dealkylation sites (tertiary alicyclic amines) is 1. The zero-order chi connectivity index (χ0) is 12.4. The van der Waals surface area contributed by atoms with Gasteiger partial charge in [-0.25, -0.2) is 8.78 Å². The summed E-state index contributed by atoms with van der Waals surface area (Å²) < 4.78 is 24.9. The number of halogens is 2. The SMILES string of the molecule is CN1CC(CN)CC1c1ccc(C(F)F)cc1. The van der Waals surface area contributed by atoms with Gasteiger partial charge in [0.1, 0.15) is 0 Å². The molecule has 4 heteroatoms. The van der Waals surface area contributed by atoms with Crippen molar-refractivity contribution in [3.05, 3.63) is 35.4 Å². The number of nitrogens with two attached hydrogens (primary N) is 1. The van der Waals surface area contributed by atoms with E-state index in [0.29, 0.717) is 18.5 Å². The Morgan fingerprint density at radius 3 is 2.47 bits per heavy atom. The number of benzene rings is 1. The highest BCUT2D eigenvalue weighted by Crippen LogP contribution is 2.34. The Balaban J connectivity index is 2.12. The van der Waals surface area contributed by atoms with Gasteiger partial charge in [-0.3, -0.25) is 4.90 Å². The molecule has 94 valence electrons. The topological polar surface area (TPSA) is 29.3 Å². The molecule has 2 N–H and O–H groups in total. The first-order valence-corrected chi connectivity index (χ1v) is 5.90. The van der Waals surface area contributed by atoms with Gasteiger partial charge in [0, 0.05) is 18.2 Å². The van der Waals surface area contributed by atoms with Gasteiger partial charge in [0.25, 0.3) is 6.43 Å². The van der Waals surface area contributed by atoms with Crippen LogP contribution >= 0.6 is 0 Å². The van der Waals surface area contributed by atoms with E-state index in [1.165, 1.54) is 12.1 Å². The second kappa shape index (κ2) is 5.10. The van der Waals surface area contributed by atoms with Crippen molar-refractivity contribution in [1.82, 2.24) is 4.90 Å². The first-order valence-electron chi connectivity index (χ1n) is 5.90. The van der Waals surface area contributed by atoms with Gasteiger partial charge in [0.15, 0.2) is 0 Å². The second-order valence-electron chi connectivity index (χ2n) is 4.76. The highest BCUT2D eigenvalue weighted by molar-refractivity contribution is 5.26. The molecule has 0 radical (unpaired) electrons. The first-order chi connectivity index (χ1) is 8.11. The normalized spacial score (nSPS) is 25.7. The van der Waals surface area contributed by atoms with E-state index in [9.17, 15) is 8.78 Å². The minimum Gasteiger partial charge on any atom is -0.330 e. The lowest BCUT2D eigenvalue weighted by Gasteiger charge is -2.19. The molecule has 2 rings (SSSR count). The summed E-state index contributed by atoms with van der Waals surface area (Å²) >= 11 is 0. The molecule has 0 amide bonds. The largest absolute Gasteiger partial charge is 0.330 e. The quantitative estimate of drug-likeness (QED) is 0.879. The Morgan fingerprint density at radius 1 is 1.35 bits per heavy atom. The van der Waals surface area contributed by atoms with Crippen LogP contribution in [0, 0.1) is 5.92 Å². The predicted molar refractivity (Wildman–Crippen MR) is 63.9 cm³/mol. The fourth-order valence-electron chi connectivity index (χ4n) is 2.53. The lowest BCUT2D eigenvalue weighted by Crippen LogP contribution is -2.20. The van der Waals surface area contributed by atoms with Crippen molar-refractivity contribution in [2.24, 2.45) is 11.7 Å². The van der Waals surface area contributed by atoms with Gasteiger partial charge < -0.3 is 5.73 Å². The molecule has 1 aliphatic rings. The van der Waals surface area contributed by atoms with Gasteiger partial charge in [0.2, 0.25) is 0 Å². The van der Waals surface area contributed by atoms with E-state index in [1.807, 2.05) is 12.1 Å². The van der Waals surface area contributed by atoms with Crippen LogP contribution in [0.15, 0.2) is 24.3 Å². The van der Waals surface area contributed by atoms with Crippen LogP contribution in [0.3, 0.4) is 0 Å². The Bertz CT molecular complexity index is 364. The van der Waals surface area contributed by atoms with Gasteiger partial charge in [-0.2, -0.15) is 0 Å². The zero-order valence-electron chi connectivity index (χ0n) is 9.94. The van der Waals surface area contributed by atoms with Gasteiger partial charge in [-0.1, -0.05) is 24.3 Å². The van der Waals surface area contributed by atoms with Crippen LogP contribution in [-0.4, -0.2) is 25.0 Å². The Kier molecular flexibility index (Phi) is 3.74. The molecule has 17 heavy (non-hydrogen) atoms. The molecule has 1 heterocycles. The van der Waals surface area contributed by atoms with E-state index >= 15 is 0 Å². The molecule has 0 spiro atoms. The highest BCUT2D eigenvalue weighted by atomic mass is 19.3. The molecular formula is C13H18F2N2. The molecule has 2 unspecified atom stereocenters. The minimum absolute atomic E-state index is 0.0878. The van der Waals surface area contributed by atoms with Crippen molar-refractivity contribution < 1.29 is 8.78 Å². The summed E-state index contributed by atoms with van der Waals surface area (Å²) in [6.07, 6.45) is -1.37. The predicted octanol–water partition coefficient (Wildman–Crippen LogP) is 2.58. The van der Waals surface area contributed by atoms with Crippen molar-refractivity contribution in [2.45, 2.75) is 18.9 Å². The van der Waals surface area contributed by atoms with Crippen LogP contribution in [0.25, 0.3) is 0 Å². The average molecular weight is 240 g/mol. The lowest BCUT2D eigenvalue weighted by molar-refractivity contribution is 0.151. The summed E-state index contributed by atoms with van der Waals surface area (Å²) in [7, 11) is 2.06. The summed E-state index contributed by atoms with van der Waals surface area (Å²) in [6.45, 7) is 1.67. The molecule has 1 aliphatic heterocycles. The molecule has 2 nitrogen and oxygen atoms in total. The average Bonchev–Trinajstić information content (AvgIpc) is 2.71. The van der Waals surface area contributed by atoms with Gasteiger partial charge in [-0.05, 0) is 31.5 Å². The fourth-order valence-corrected chi connectivity index (χ4v) is 2.53. The van der Waals surface area contributed by atoms with E-state index in [1.54, 1.807) is 0 Å².